The van der Waals surface area contributed by atoms with Gasteiger partial charge in [0, 0.05) is 48.2 Å². The Hall–Kier alpha value is -1.67. The summed E-state index contributed by atoms with van der Waals surface area (Å²) in [6, 6.07) is 9.78. The molecular weight excluding hydrogens is 463 g/mol. The van der Waals surface area contributed by atoms with Gasteiger partial charge in [0.25, 0.3) is 0 Å². The van der Waals surface area contributed by atoms with Crippen molar-refractivity contribution in [2.45, 2.75) is 19.8 Å². The molecule has 5 nitrogen and oxygen atoms in total. The van der Waals surface area contributed by atoms with Gasteiger partial charge >= 0.3 is 0 Å². The number of hydrogen-bond acceptors (Lipinski definition) is 2. The van der Waals surface area contributed by atoms with Gasteiger partial charge in [0.05, 0.1) is 6.26 Å². The zero-order chi connectivity index (χ0) is 17.5. The van der Waals surface area contributed by atoms with Crippen LogP contribution < -0.4 is 10.6 Å². The molecule has 2 aromatic heterocycles. The van der Waals surface area contributed by atoms with Crippen LogP contribution in [0.3, 0.4) is 0 Å². The third-order valence-corrected chi connectivity index (χ3v) is 4.20. The summed E-state index contributed by atoms with van der Waals surface area (Å²) >= 11 is 6.11. The minimum atomic E-state index is 0. The molecule has 0 aliphatic rings. The first-order chi connectivity index (χ1) is 12.3. The van der Waals surface area contributed by atoms with E-state index < -0.39 is 0 Å². The minimum absolute atomic E-state index is 0. The predicted octanol–water partition coefficient (Wildman–Crippen LogP) is 4.37. The molecule has 140 valence electrons. The minimum Gasteiger partial charge on any atom is -0.469 e. The standard InChI is InChI=1S/C19H23ClN4O.HI/c1-2-21-19(23-10-8-16-4-3-11-25-16)22-9-7-14-13-24-18-6-5-15(20)12-17(14)18;/h3-6,11-13,24H,2,7-10H2,1H3,(H2,21,22,23);1H. The summed E-state index contributed by atoms with van der Waals surface area (Å²) in [5.41, 5.74) is 2.36. The SMILES string of the molecule is CCNC(=NCCc1ccco1)NCCc1c[nH]c2ccc(Cl)cc12.I. The van der Waals surface area contributed by atoms with Crippen LogP contribution in [0.1, 0.15) is 18.2 Å². The first-order valence-corrected chi connectivity index (χ1v) is 8.94. The lowest BCUT2D eigenvalue weighted by Crippen LogP contribution is -2.38. The van der Waals surface area contributed by atoms with Gasteiger partial charge in [-0.2, -0.15) is 0 Å². The molecule has 2 heterocycles. The lowest BCUT2D eigenvalue weighted by molar-refractivity contribution is 0.510. The van der Waals surface area contributed by atoms with Crippen LogP contribution in [0.5, 0.6) is 0 Å². The van der Waals surface area contributed by atoms with Crippen molar-refractivity contribution in [3.05, 3.63) is 59.1 Å². The summed E-state index contributed by atoms with van der Waals surface area (Å²) in [7, 11) is 0. The largest absolute Gasteiger partial charge is 0.469 e. The number of nitrogens with zero attached hydrogens (tertiary/aromatic N) is 1. The predicted molar refractivity (Wildman–Crippen MR) is 119 cm³/mol. The van der Waals surface area contributed by atoms with E-state index in [4.69, 9.17) is 16.0 Å². The molecule has 0 radical (unpaired) electrons. The third kappa shape index (κ3) is 5.67. The van der Waals surface area contributed by atoms with Crippen LogP contribution in [-0.4, -0.2) is 30.6 Å². The number of benzene rings is 1. The van der Waals surface area contributed by atoms with Crippen LogP contribution >= 0.6 is 35.6 Å². The highest BCUT2D eigenvalue weighted by Crippen LogP contribution is 2.22. The van der Waals surface area contributed by atoms with Crippen LogP contribution in [0.15, 0.2) is 52.2 Å². The molecule has 0 saturated heterocycles. The molecule has 0 saturated carbocycles. The van der Waals surface area contributed by atoms with Gasteiger partial charge in [0.15, 0.2) is 5.96 Å². The Labute approximate surface area is 175 Å². The van der Waals surface area contributed by atoms with Crippen molar-refractivity contribution in [1.29, 1.82) is 0 Å². The molecule has 3 rings (SSSR count). The molecule has 1 aromatic carbocycles. The Bertz CT molecular complexity index is 829. The average Bonchev–Trinajstić information content (AvgIpc) is 3.25. The average molecular weight is 487 g/mol. The zero-order valence-electron chi connectivity index (χ0n) is 14.7. The fourth-order valence-electron chi connectivity index (χ4n) is 2.75. The number of furan rings is 1. The molecule has 3 N–H and O–H groups in total. The molecule has 0 bridgehead atoms. The summed E-state index contributed by atoms with van der Waals surface area (Å²) in [6.07, 6.45) is 5.42. The van der Waals surface area contributed by atoms with E-state index in [-0.39, 0.29) is 24.0 Å². The van der Waals surface area contributed by atoms with Crippen molar-refractivity contribution in [1.82, 2.24) is 15.6 Å². The van der Waals surface area contributed by atoms with Crippen molar-refractivity contribution in [2.75, 3.05) is 19.6 Å². The quantitative estimate of drug-likeness (QED) is 0.264. The zero-order valence-corrected chi connectivity index (χ0v) is 17.8. The summed E-state index contributed by atoms with van der Waals surface area (Å²) in [5.74, 6) is 1.78. The number of hydrogen-bond donors (Lipinski definition) is 3. The Morgan fingerprint density at radius 1 is 1.23 bits per heavy atom. The van der Waals surface area contributed by atoms with Gasteiger partial charge in [-0.05, 0) is 49.2 Å². The molecule has 3 aromatic rings. The first kappa shape index (κ1) is 20.6. The second-order valence-corrected chi connectivity index (χ2v) is 6.21. The fourth-order valence-corrected chi connectivity index (χ4v) is 2.92. The van der Waals surface area contributed by atoms with E-state index in [2.05, 4.69) is 27.5 Å². The lowest BCUT2D eigenvalue weighted by atomic mass is 10.1. The summed E-state index contributed by atoms with van der Waals surface area (Å²) in [4.78, 5) is 7.87. The Morgan fingerprint density at radius 2 is 2.12 bits per heavy atom. The first-order valence-electron chi connectivity index (χ1n) is 8.56. The Balaban J connectivity index is 0.00000243. The number of halogens is 2. The second kappa shape index (κ2) is 10.5. The van der Waals surface area contributed by atoms with Crippen LogP contribution in [0.25, 0.3) is 10.9 Å². The van der Waals surface area contributed by atoms with Gasteiger partial charge in [0.2, 0.25) is 0 Å². The highest BCUT2D eigenvalue weighted by atomic mass is 127. The molecule has 0 aliphatic carbocycles. The van der Waals surface area contributed by atoms with Gasteiger partial charge in [-0.3, -0.25) is 4.99 Å². The number of H-pyrrole nitrogens is 1. The number of aromatic nitrogens is 1. The number of aromatic amines is 1. The van der Waals surface area contributed by atoms with Crippen molar-refractivity contribution in [2.24, 2.45) is 4.99 Å². The topological polar surface area (TPSA) is 65.3 Å². The second-order valence-electron chi connectivity index (χ2n) is 5.77. The lowest BCUT2D eigenvalue weighted by Gasteiger charge is -2.11. The monoisotopic (exact) mass is 486 g/mol. The van der Waals surface area contributed by atoms with Crippen LogP contribution in [0.2, 0.25) is 5.02 Å². The fraction of sp³-hybridized carbons (Fsp3) is 0.316. The maximum absolute atomic E-state index is 6.11. The van der Waals surface area contributed by atoms with Crippen molar-refractivity contribution < 1.29 is 4.42 Å². The van der Waals surface area contributed by atoms with E-state index in [1.54, 1.807) is 6.26 Å². The normalized spacial score (nSPS) is 11.4. The van der Waals surface area contributed by atoms with Gasteiger partial charge in [0.1, 0.15) is 5.76 Å². The highest BCUT2D eigenvalue weighted by Gasteiger charge is 2.05. The van der Waals surface area contributed by atoms with Crippen molar-refractivity contribution in [3.63, 3.8) is 0 Å². The summed E-state index contributed by atoms with van der Waals surface area (Å²) < 4.78 is 5.33. The summed E-state index contributed by atoms with van der Waals surface area (Å²) in [6.45, 7) is 4.37. The molecule has 0 amide bonds. The number of aliphatic imine (C=N–C) groups is 1. The van der Waals surface area contributed by atoms with Gasteiger partial charge in [-0.25, -0.2) is 0 Å². The maximum atomic E-state index is 6.11. The number of rotatable bonds is 7. The molecule has 26 heavy (non-hydrogen) atoms. The molecule has 0 spiro atoms. The van der Waals surface area contributed by atoms with Gasteiger partial charge in [-0.15, -0.1) is 24.0 Å². The Kier molecular flexibility index (Phi) is 8.31. The molecule has 0 unspecified atom stereocenters. The van der Waals surface area contributed by atoms with Gasteiger partial charge < -0.3 is 20.0 Å². The Morgan fingerprint density at radius 3 is 2.88 bits per heavy atom. The number of nitrogens with one attached hydrogen (secondary N) is 3. The molecular formula is C19H24ClIN4O. The van der Waals surface area contributed by atoms with Crippen LogP contribution in [0, 0.1) is 0 Å². The van der Waals surface area contributed by atoms with Crippen LogP contribution in [-0.2, 0) is 12.8 Å². The smallest absolute Gasteiger partial charge is 0.191 e. The number of fused-ring (bicyclic) bond motifs is 1. The molecule has 7 heteroatoms. The molecule has 0 fully saturated rings. The van der Waals surface area contributed by atoms with E-state index in [1.807, 2.05) is 36.5 Å². The van der Waals surface area contributed by atoms with Crippen molar-refractivity contribution in [3.8, 4) is 0 Å². The maximum Gasteiger partial charge on any atom is 0.191 e. The molecule has 0 aliphatic heterocycles. The van der Waals surface area contributed by atoms with E-state index in [0.29, 0.717) is 6.54 Å². The van der Waals surface area contributed by atoms with Crippen molar-refractivity contribution >= 4 is 52.4 Å². The highest BCUT2D eigenvalue weighted by molar-refractivity contribution is 14.0. The summed E-state index contributed by atoms with van der Waals surface area (Å²) in [5, 5.41) is 8.58. The third-order valence-electron chi connectivity index (χ3n) is 3.97. The molecule has 0 atom stereocenters. The van der Waals surface area contributed by atoms with E-state index in [0.717, 1.165) is 48.2 Å². The van der Waals surface area contributed by atoms with E-state index >= 15 is 0 Å². The van der Waals surface area contributed by atoms with E-state index in [9.17, 15) is 0 Å². The van der Waals surface area contributed by atoms with Gasteiger partial charge in [-0.1, -0.05) is 11.6 Å². The van der Waals surface area contributed by atoms with Crippen LogP contribution in [0.4, 0.5) is 0 Å². The van der Waals surface area contributed by atoms with E-state index in [1.165, 1.54) is 10.9 Å². The number of guanidine groups is 1.